The van der Waals surface area contributed by atoms with Gasteiger partial charge < -0.3 is 0 Å². The first-order valence-corrected chi connectivity index (χ1v) is 17.6. The number of rotatable bonds is 18. The molecule has 0 radical (unpaired) electrons. The second-order valence-corrected chi connectivity index (χ2v) is 13.1. The molecule has 5 aromatic carbocycles. The zero-order valence-corrected chi connectivity index (χ0v) is 26.7. The summed E-state index contributed by atoms with van der Waals surface area (Å²) in [7, 11) is 0. The van der Waals surface area contributed by atoms with E-state index in [-0.39, 0.29) is 0 Å². The van der Waals surface area contributed by atoms with Crippen LogP contribution in [0.15, 0.2) is 72.8 Å². The van der Waals surface area contributed by atoms with Crippen molar-refractivity contribution in [1.82, 2.24) is 0 Å². The van der Waals surface area contributed by atoms with Crippen LogP contribution >= 0.6 is 0 Å². The maximum absolute atomic E-state index is 2.44. The molecule has 0 bridgehead atoms. The zero-order valence-electron chi connectivity index (χ0n) is 26.7. The molecular weight excluding hydrogens is 504 g/mol. The third-order valence-electron chi connectivity index (χ3n) is 9.47. The van der Waals surface area contributed by atoms with Gasteiger partial charge in [-0.25, -0.2) is 0 Å². The van der Waals surface area contributed by atoms with Crippen LogP contribution in [0.25, 0.3) is 43.1 Å². The first-order chi connectivity index (χ1) is 20.7. The Bertz CT molecular complexity index is 1440. The van der Waals surface area contributed by atoms with Crippen LogP contribution in [0.3, 0.4) is 0 Å². The topological polar surface area (TPSA) is 0 Å². The van der Waals surface area contributed by atoms with E-state index < -0.39 is 0 Å². The van der Waals surface area contributed by atoms with Gasteiger partial charge in [-0.05, 0) is 116 Å². The number of hydrogen-bond donors (Lipinski definition) is 0. The Hall–Kier alpha value is -2.86. The molecule has 0 amide bonds. The van der Waals surface area contributed by atoms with Crippen molar-refractivity contribution >= 4 is 43.1 Å². The van der Waals surface area contributed by atoms with Gasteiger partial charge in [0.15, 0.2) is 0 Å². The summed E-state index contributed by atoms with van der Waals surface area (Å²) in [4.78, 5) is 0. The first-order valence-electron chi connectivity index (χ1n) is 17.6. The lowest BCUT2D eigenvalue weighted by molar-refractivity contribution is 0.575. The quantitative estimate of drug-likeness (QED) is 0.0741. The highest BCUT2D eigenvalue weighted by Crippen LogP contribution is 2.31. The maximum Gasteiger partial charge on any atom is -0.0171 e. The standard InChI is InChI=1S/C42H54/c1-3-5-7-9-11-13-15-17-19-33-21-23-35-27-39-31-40-28-36-24-22-34(20-18-16-14-12-10-8-6-4-2)26-38(36)30-42(40)32-41(39)29-37(35)25-33/h21-32H,3-20H2,1-2H3. The number of fused-ring (bicyclic) bond motifs is 4. The number of aryl methyl sites for hydroxylation is 2. The van der Waals surface area contributed by atoms with Crippen molar-refractivity contribution in [2.24, 2.45) is 0 Å². The predicted octanol–water partition coefficient (Wildman–Crippen LogP) is 13.7. The Labute approximate surface area is 255 Å². The van der Waals surface area contributed by atoms with Crippen molar-refractivity contribution in [1.29, 1.82) is 0 Å². The summed E-state index contributed by atoms with van der Waals surface area (Å²) < 4.78 is 0. The van der Waals surface area contributed by atoms with Crippen LogP contribution in [0, 0.1) is 0 Å². The number of hydrogen-bond acceptors (Lipinski definition) is 0. The summed E-state index contributed by atoms with van der Waals surface area (Å²) in [5.74, 6) is 0. The van der Waals surface area contributed by atoms with E-state index in [2.05, 4.69) is 86.6 Å². The fourth-order valence-electron chi connectivity index (χ4n) is 6.84. The number of unbranched alkanes of at least 4 members (excludes halogenated alkanes) is 14. The second-order valence-electron chi connectivity index (χ2n) is 13.1. The van der Waals surface area contributed by atoms with Crippen molar-refractivity contribution < 1.29 is 0 Å². The number of benzene rings is 5. The van der Waals surface area contributed by atoms with E-state index in [9.17, 15) is 0 Å². The molecule has 0 nitrogen and oxygen atoms in total. The minimum absolute atomic E-state index is 1.20. The molecule has 0 spiro atoms. The van der Waals surface area contributed by atoms with Gasteiger partial charge in [-0.15, -0.1) is 0 Å². The van der Waals surface area contributed by atoms with Crippen LogP contribution in [-0.4, -0.2) is 0 Å². The largest absolute Gasteiger partial charge is 0.0654 e. The van der Waals surface area contributed by atoms with E-state index in [4.69, 9.17) is 0 Å². The molecular formula is C42H54. The Morgan fingerprint density at radius 2 is 0.571 bits per heavy atom. The Kier molecular flexibility index (Phi) is 11.7. The summed E-state index contributed by atoms with van der Waals surface area (Å²) in [6.45, 7) is 4.59. The van der Waals surface area contributed by atoms with Gasteiger partial charge in [0.2, 0.25) is 0 Å². The predicted molar refractivity (Wildman–Crippen MR) is 189 cm³/mol. The average Bonchev–Trinajstić information content (AvgIpc) is 3.00. The van der Waals surface area contributed by atoms with Gasteiger partial charge in [0, 0.05) is 0 Å². The fourth-order valence-corrected chi connectivity index (χ4v) is 6.84. The van der Waals surface area contributed by atoms with E-state index in [1.165, 1.54) is 170 Å². The molecule has 0 aliphatic heterocycles. The highest BCUT2D eigenvalue weighted by Gasteiger charge is 2.06. The minimum Gasteiger partial charge on any atom is -0.0654 e. The normalized spacial score (nSPS) is 11.9. The molecule has 0 fully saturated rings. The summed E-state index contributed by atoms with van der Waals surface area (Å²) in [5, 5.41) is 10.9. The third kappa shape index (κ3) is 8.59. The molecule has 0 unspecified atom stereocenters. The van der Waals surface area contributed by atoms with E-state index in [0.29, 0.717) is 0 Å². The van der Waals surface area contributed by atoms with Gasteiger partial charge in [0.25, 0.3) is 0 Å². The molecule has 0 aromatic heterocycles. The molecule has 0 heteroatoms. The summed E-state index contributed by atoms with van der Waals surface area (Å²) in [5.41, 5.74) is 2.98. The van der Waals surface area contributed by atoms with E-state index in [1.54, 1.807) is 0 Å². The monoisotopic (exact) mass is 558 g/mol. The highest BCUT2D eigenvalue weighted by atomic mass is 14.1. The van der Waals surface area contributed by atoms with E-state index in [1.807, 2.05) is 0 Å². The van der Waals surface area contributed by atoms with Crippen LogP contribution < -0.4 is 0 Å². The van der Waals surface area contributed by atoms with Crippen molar-refractivity contribution in [3.63, 3.8) is 0 Å². The van der Waals surface area contributed by atoms with E-state index in [0.717, 1.165) is 0 Å². The zero-order chi connectivity index (χ0) is 29.0. The molecule has 222 valence electrons. The lowest BCUT2D eigenvalue weighted by Crippen LogP contribution is -1.88. The highest BCUT2D eigenvalue weighted by molar-refractivity contribution is 6.08. The van der Waals surface area contributed by atoms with Gasteiger partial charge >= 0.3 is 0 Å². The summed E-state index contributed by atoms with van der Waals surface area (Å²) in [6.07, 6.45) is 24.5. The first kappa shape index (κ1) is 30.6. The molecule has 42 heavy (non-hydrogen) atoms. The Balaban J connectivity index is 1.23. The molecule has 0 aliphatic carbocycles. The summed E-state index contributed by atoms with van der Waals surface area (Å²) >= 11 is 0. The van der Waals surface area contributed by atoms with Crippen LogP contribution in [0.1, 0.15) is 128 Å². The molecule has 0 saturated heterocycles. The SMILES string of the molecule is CCCCCCCCCCc1ccc2cc3cc4cc5ccc(CCCCCCCCCC)cc5cc4cc3cc2c1. The van der Waals surface area contributed by atoms with Crippen LogP contribution in [0.5, 0.6) is 0 Å². The van der Waals surface area contributed by atoms with Gasteiger partial charge in [-0.3, -0.25) is 0 Å². The Morgan fingerprint density at radius 1 is 0.286 bits per heavy atom. The lowest BCUT2D eigenvalue weighted by Gasteiger charge is -2.10. The molecule has 0 heterocycles. The van der Waals surface area contributed by atoms with Gasteiger partial charge in [0.05, 0.1) is 0 Å². The fraction of sp³-hybridized carbons (Fsp3) is 0.476. The molecule has 0 atom stereocenters. The Morgan fingerprint density at radius 3 is 0.929 bits per heavy atom. The molecule has 0 aliphatic rings. The molecule has 0 saturated carbocycles. The second kappa shape index (κ2) is 16.1. The minimum atomic E-state index is 1.20. The van der Waals surface area contributed by atoms with Gasteiger partial charge in [0.1, 0.15) is 0 Å². The third-order valence-corrected chi connectivity index (χ3v) is 9.47. The smallest absolute Gasteiger partial charge is 0.0171 e. The molecule has 0 N–H and O–H groups in total. The van der Waals surface area contributed by atoms with Gasteiger partial charge in [-0.2, -0.15) is 0 Å². The van der Waals surface area contributed by atoms with Crippen molar-refractivity contribution in [2.45, 2.75) is 129 Å². The van der Waals surface area contributed by atoms with Gasteiger partial charge in [-0.1, -0.05) is 140 Å². The van der Waals surface area contributed by atoms with Crippen molar-refractivity contribution in [3.05, 3.63) is 83.9 Å². The molecule has 5 rings (SSSR count). The van der Waals surface area contributed by atoms with Crippen molar-refractivity contribution in [3.8, 4) is 0 Å². The maximum atomic E-state index is 2.44. The van der Waals surface area contributed by atoms with E-state index >= 15 is 0 Å². The van der Waals surface area contributed by atoms with Crippen LogP contribution in [-0.2, 0) is 12.8 Å². The lowest BCUT2D eigenvalue weighted by atomic mass is 9.95. The van der Waals surface area contributed by atoms with Crippen LogP contribution in [0.2, 0.25) is 0 Å². The van der Waals surface area contributed by atoms with Crippen LogP contribution in [0.4, 0.5) is 0 Å². The summed E-state index contributed by atoms with van der Waals surface area (Å²) in [6, 6.07) is 28.7. The average molecular weight is 559 g/mol. The van der Waals surface area contributed by atoms with Crippen molar-refractivity contribution in [2.75, 3.05) is 0 Å². The molecule has 5 aromatic rings.